The summed E-state index contributed by atoms with van der Waals surface area (Å²) in [5.74, 6) is -0.797. The number of rotatable bonds is 6. The number of nitrogens with one attached hydrogen (secondary N) is 1. The highest BCUT2D eigenvalue weighted by molar-refractivity contribution is 6.30. The van der Waals surface area contributed by atoms with Gasteiger partial charge in [-0.2, -0.15) is 5.26 Å². The maximum absolute atomic E-state index is 12.5. The Balaban J connectivity index is 1.66. The van der Waals surface area contributed by atoms with Gasteiger partial charge in [-0.05, 0) is 43.7 Å². The number of carbonyl (C=O) groups excluding carboxylic acids is 2. The number of furan rings is 1. The fourth-order valence-corrected chi connectivity index (χ4v) is 2.98. The van der Waals surface area contributed by atoms with Crippen LogP contribution in [0.3, 0.4) is 0 Å². The zero-order chi connectivity index (χ0) is 21.0. The van der Waals surface area contributed by atoms with Crippen molar-refractivity contribution in [3.63, 3.8) is 0 Å². The van der Waals surface area contributed by atoms with Crippen LogP contribution in [0.5, 0.6) is 0 Å². The third-order valence-corrected chi connectivity index (χ3v) is 4.55. The SMILES string of the molecule is Cc1oc(-n2cccc2)c(C#N)c1C(=O)OCC(=O)N[C@@H](C)c1ccc(Cl)cc1. The molecule has 0 radical (unpaired) electrons. The first-order valence-electron chi connectivity index (χ1n) is 8.79. The van der Waals surface area contributed by atoms with Gasteiger partial charge in [-0.25, -0.2) is 4.79 Å². The van der Waals surface area contributed by atoms with E-state index in [1.54, 1.807) is 67.2 Å². The van der Waals surface area contributed by atoms with Crippen molar-refractivity contribution in [1.82, 2.24) is 9.88 Å². The summed E-state index contributed by atoms with van der Waals surface area (Å²) in [7, 11) is 0. The van der Waals surface area contributed by atoms with Gasteiger partial charge in [0.1, 0.15) is 23.0 Å². The summed E-state index contributed by atoms with van der Waals surface area (Å²) in [6.07, 6.45) is 3.39. The Labute approximate surface area is 172 Å². The Morgan fingerprint density at radius 3 is 2.55 bits per heavy atom. The zero-order valence-corrected chi connectivity index (χ0v) is 16.6. The normalized spacial score (nSPS) is 11.5. The molecule has 1 N–H and O–H groups in total. The van der Waals surface area contributed by atoms with E-state index in [-0.39, 0.29) is 28.8 Å². The van der Waals surface area contributed by atoms with Crippen LogP contribution >= 0.6 is 11.6 Å². The molecule has 2 heterocycles. The van der Waals surface area contributed by atoms with Gasteiger partial charge in [-0.3, -0.25) is 9.36 Å². The smallest absolute Gasteiger partial charge is 0.343 e. The van der Waals surface area contributed by atoms with Crippen molar-refractivity contribution in [2.75, 3.05) is 6.61 Å². The molecule has 0 unspecified atom stereocenters. The second-order valence-electron chi connectivity index (χ2n) is 6.33. The van der Waals surface area contributed by atoms with Crippen LogP contribution in [0, 0.1) is 18.3 Å². The fraction of sp³-hybridized carbons (Fsp3) is 0.190. The highest BCUT2D eigenvalue weighted by Gasteiger charge is 2.26. The van der Waals surface area contributed by atoms with Crippen molar-refractivity contribution in [3.05, 3.63) is 76.3 Å². The summed E-state index contributed by atoms with van der Waals surface area (Å²) >= 11 is 5.86. The van der Waals surface area contributed by atoms with Crippen LogP contribution in [-0.4, -0.2) is 23.1 Å². The number of nitriles is 1. The summed E-state index contributed by atoms with van der Waals surface area (Å²) < 4.78 is 12.3. The largest absolute Gasteiger partial charge is 0.452 e. The van der Waals surface area contributed by atoms with Gasteiger partial charge < -0.3 is 14.5 Å². The Morgan fingerprint density at radius 1 is 1.28 bits per heavy atom. The lowest BCUT2D eigenvalue weighted by Crippen LogP contribution is -2.31. The molecule has 0 spiro atoms. The number of hydrogen-bond donors (Lipinski definition) is 1. The first-order chi connectivity index (χ1) is 13.9. The third kappa shape index (κ3) is 4.50. The average molecular weight is 412 g/mol. The van der Waals surface area contributed by atoms with E-state index >= 15 is 0 Å². The number of esters is 1. The molecule has 1 atom stereocenters. The van der Waals surface area contributed by atoms with E-state index in [0.717, 1.165) is 5.56 Å². The van der Waals surface area contributed by atoms with Gasteiger partial charge in [0.25, 0.3) is 5.91 Å². The first kappa shape index (κ1) is 20.2. The fourth-order valence-electron chi connectivity index (χ4n) is 2.85. The molecule has 0 fully saturated rings. The van der Waals surface area contributed by atoms with Crippen molar-refractivity contribution in [2.24, 2.45) is 0 Å². The monoisotopic (exact) mass is 411 g/mol. The molecule has 0 saturated carbocycles. The minimum absolute atomic E-state index is 0.00903. The predicted molar refractivity (Wildman–Crippen MR) is 106 cm³/mol. The van der Waals surface area contributed by atoms with Crippen LogP contribution in [-0.2, 0) is 9.53 Å². The van der Waals surface area contributed by atoms with Crippen LogP contribution in [0.4, 0.5) is 0 Å². The number of carbonyl (C=O) groups is 2. The molecular weight excluding hydrogens is 394 g/mol. The molecule has 1 amide bonds. The maximum atomic E-state index is 12.5. The van der Waals surface area contributed by atoms with Crippen LogP contribution in [0.15, 0.2) is 53.2 Å². The number of nitrogens with zero attached hydrogens (tertiary/aromatic N) is 2. The molecule has 8 heteroatoms. The molecule has 0 aliphatic carbocycles. The lowest BCUT2D eigenvalue weighted by molar-refractivity contribution is -0.124. The predicted octanol–water partition coefficient (Wildman–Crippen LogP) is 3.94. The molecule has 0 aliphatic heterocycles. The van der Waals surface area contributed by atoms with Crippen molar-refractivity contribution in [1.29, 1.82) is 5.26 Å². The van der Waals surface area contributed by atoms with Crippen LogP contribution in [0.2, 0.25) is 5.02 Å². The standard InChI is InChI=1S/C21H18ClN3O4/c1-13(15-5-7-16(22)8-6-15)24-18(26)12-28-21(27)19-14(2)29-20(17(19)11-23)25-9-3-4-10-25/h3-10,13H,12H2,1-2H3,(H,24,26)/t13-/m0/s1. The van der Waals surface area contributed by atoms with Crippen LogP contribution in [0.25, 0.3) is 5.88 Å². The summed E-state index contributed by atoms with van der Waals surface area (Å²) in [4.78, 5) is 24.6. The van der Waals surface area contributed by atoms with Gasteiger partial charge in [-0.15, -0.1) is 0 Å². The van der Waals surface area contributed by atoms with Gasteiger partial charge in [0, 0.05) is 17.4 Å². The number of hydrogen-bond acceptors (Lipinski definition) is 5. The van der Waals surface area contributed by atoms with E-state index in [1.165, 1.54) is 0 Å². The second-order valence-corrected chi connectivity index (χ2v) is 6.77. The van der Waals surface area contributed by atoms with Crippen LogP contribution < -0.4 is 5.32 Å². The highest BCUT2D eigenvalue weighted by Crippen LogP contribution is 2.26. The lowest BCUT2D eigenvalue weighted by atomic mass is 10.1. The Hall–Kier alpha value is -3.50. The number of aryl methyl sites for hydroxylation is 1. The Kier molecular flexibility index (Phi) is 6.05. The molecule has 1 aromatic carbocycles. The number of halogens is 1. The van der Waals surface area contributed by atoms with E-state index in [2.05, 4.69) is 5.32 Å². The Morgan fingerprint density at radius 2 is 1.93 bits per heavy atom. The van der Waals surface area contributed by atoms with Gasteiger partial charge in [-0.1, -0.05) is 23.7 Å². The quantitative estimate of drug-likeness (QED) is 0.619. The Bertz CT molecular complexity index is 1060. The molecular formula is C21H18ClN3O4. The van der Waals surface area contributed by atoms with Gasteiger partial charge in [0.2, 0.25) is 5.88 Å². The maximum Gasteiger partial charge on any atom is 0.343 e. The molecule has 148 valence electrons. The van der Waals surface area contributed by atoms with Crippen molar-refractivity contribution in [3.8, 4) is 12.0 Å². The molecule has 3 rings (SSSR count). The number of aromatic nitrogens is 1. The van der Waals surface area contributed by atoms with Crippen molar-refractivity contribution >= 4 is 23.5 Å². The van der Waals surface area contributed by atoms with Crippen LogP contribution in [0.1, 0.15) is 40.2 Å². The second kappa shape index (κ2) is 8.67. The minimum Gasteiger partial charge on any atom is -0.452 e. The summed E-state index contributed by atoms with van der Waals surface area (Å²) in [6, 6.07) is 12.3. The van der Waals surface area contributed by atoms with Gasteiger partial charge in [0.15, 0.2) is 6.61 Å². The van der Waals surface area contributed by atoms with Crippen molar-refractivity contribution < 1.29 is 18.7 Å². The van der Waals surface area contributed by atoms with Crippen molar-refractivity contribution in [2.45, 2.75) is 19.9 Å². The molecule has 2 aromatic heterocycles. The molecule has 0 saturated heterocycles. The van der Waals surface area contributed by atoms with E-state index in [4.69, 9.17) is 20.8 Å². The first-order valence-corrected chi connectivity index (χ1v) is 9.17. The molecule has 0 bridgehead atoms. The van der Waals surface area contributed by atoms with E-state index in [9.17, 15) is 14.9 Å². The third-order valence-electron chi connectivity index (χ3n) is 4.30. The molecule has 29 heavy (non-hydrogen) atoms. The summed E-state index contributed by atoms with van der Waals surface area (Å²) in [5, 5.41) is 12.8. The molecule has 3 aromatic rings. The average Bonchev–Trinajstić information content (AvgIpc) is 3.33. The summed E-state index contributed by atoms with van der Waals surface area (Å²) in [6.45, 7) is 2.89. The zero-order valence-electron chi connectivity index (χ0n) is 15.8. The van der Waals surface area contributed by atoms with Gasteiger partial charge >= 0.3 is 5.97 Å². The number of amides is 1. The summed E-state index contributed by atoms with van der Waals surface area (Å²) in [5.41, 5.74) is 0.927. The highest BCUT2D eigenvalue weighted by atomic mass is 35.5. The minimum atomic E-state index is -0.796. The number of ether oxygens (including phenoxy) is 1. The molecule has 0 aliphatic rings. The molecule has 7 nitrogen and oxygen atoms in total. The van der Waals surface area contributed by atoms with E-state index in [1.807, 2.05) is 6.07 Å². The van der Waals surface area contributed by atoms with E-state index in [0.29, 0.717) is 5.02 Å². The lowest BCUT2D eigenvalue weighted by Gasteiger charge is -2.14. The van der Waals surface area contributed by atoms with Gasteiger partial charge in [0.05, 0.1) is 6.04 Å². The topological polar surface area (TPSA) is 97.3 Å². The number of benzene rings is 1. The van der Waals surface area contributed by atoms with E-state index < -0.39 is 18.5 Å².